The number of thiazole rings is 1. The Kier molecular flexibility index (Phi) is 3.81. The molecule has 2 nitrogen and oxygen atoms in total. The van der Waals surface area contributed by atoms with Gasteiger partial charge in [0.05, 0.1) is 15.6 Å². The molecule has 1 aromatic rings. The van der Waals surface area contributed by atoms with Gasteiger partial charge in [0.15, 0.2) is 5.78 Å². The van der Waals surface area contributed by atoms with E-state index in [0.29, 0.717) is 12.3 Å². The molecule has 1 heterocycles. The van der Waals surface area contributed by atoms with E-state index < -0.39 is 0 Å². The summed E-state index contributed by atoms with van der Waals surface area (Å²) in [5.74, 6) is 0.728. The summed E-state index contributed by atoms with van der Waals surface area (Å²) >= 11 is 1.51. The summed E-state index contributed by atoms with van der Waals surface area (Å²) < 4.78 is 0. The van der Waals surface area contributed by atoms with Crippen molar-refractivity contribution >= 4 is 17.1 Å². The van der Waals surface area contributed by atoms with E-state index >= 15 is 0 Å². The number of rotatable bonds is 4. The van der Waals surface area contributed by atoms with Crippen molar-refractivity contribution in [3.63, 3.8) is 0 Å². The van der Waals surface area contributed by atoms with Crippen LogP contribution in [-0.4, -0.2) is 10.8 Å². The first-order valence-corrected chi connectivity index (χ1v) is 5.83. The van der Waals surface area contributed by atoms with Crippen LogP contribution >= 0.6 is 11.3 Å². The Morgan fingerprint density at radius 1 is 1.50 bits per heavy atom. The SMILES string of the molecule is CCC(C)CC(=O)c1sc(C)nc1C. The van der Waals surface area contributed by atoms with Crippen LogP contribution in [0.3, 0.4) is 0 Å². The molecule has 0 spiro atoms. The van der Waals surface area contributed by atoms with Crippen LogP contribution in [0.25, 0.3) is 0 Å². The van der Waals surface area contributed by atoms with Crippen LogP contribution in [-0.2, 0) is 0 Å². The third-order valence-corrected chi connectivity index (χ3v) is 3.50. The monoisotopic (exact) mass is 211 g/mol. The second-order valence-corrected chi connectivity index (χ2v) is 4.99. The van der Waals surface area contributed by atoms with E-state index in [1.165, 1.54) is 11.3 Å². The second-order valence-electron chi connectivity index (χ2n) is 3.79. The van der Waals surface area contributed by atoms with Crippen LogP contribution in [0.15, 0.2) is 0 Å². The molecule has 0 bridgehead atoms. The number of ketones is 1. The van der Waals surface area contributed by atoms with Crippen molar-refractivity contribution in [1.29, 1.82) is 0 Å². The van der Waals surface area contributed by atoms with Crippen LogP contribution in [0, 0.1) is 19.8 Å². The summed E-state index contributed by atoms with van der Waals surface area (Å²) in [6, 6.07) is 0. The van der Waals surface area contributed by atoms with Gasteiger partial charge >= 0.3 is 0 Å². The standard InChI is InChI=1S/C11H17NOS/c1-5-7(2)6-10(13)11-8(3)12-9(4)14-11/h7H,5-6H2,1-4H3. The second kappa shape index (κ2) is 4.69. The zero-order valence-corrected chi connectivity index (χ0v) is 10.1. The summed E-state index contributed by atoms with van der Waals surface area (Å²) in [4.78, 5) is 16.9. The summed E-state index contributed by atoms with van der Waals surface area (Å²) in [5, 5.41) is 0.981. The molecule has 3 heteroatoms. The number of aromatic nitrogens is 1. The Labute approximate surface area is 89.4 Å². The molecule has 0 N–H and O–H groups in total. The lowest BCUT2D eigenvalue weighted by Gasteiger charge is -2.05. The number of hydrogen-bond acceptors (Lipinski definition) is 3. The first-order valence-electron chi connectivity index (χ1n) is 5.01. The van der Waals surface area contributed by atoms with Crippen molar-refractivity contribution in [2.75, 3.05) is 0 Å². The van der Waals surface area contributed by atoms with Gasteiger partial charge in [-0.05, 0) is 19.8 Å². The molecule has 14 heavy (non-hydrogen) atoms. The average Bonchev–Trinajstić information content (AvgIpc) is 2.45. The van der Waals surface area contributed by atoms with Gasteiger partial charge in [0.2, 0.25) is 0 Å². The Morgan fingerprint density at radius 2 is 2.14 bits per heavy atom. The first kappa shape index (κ1) is 11.4. The fourth-order valence-electron chi connectivity index (χ4n) is 1.34. The number of carbonyl (C=O) groups excluding carboxylic acids is 1. The molecule has 78 valence electrons. The largest absolute Gasteiger partial charge is 0.293 e. The summed E-state index contributed by atoms with van der Waals surface area (Å²) in [5.41, 5.74) is 0.890. The van der Waals surface area contributed by atoms with Crippen LogP contribution in [0.1, 0.15) is 47.1 Å². The molecule has 1 unspecified atom stereocenters. The molecule has 1 atom stereocenters. The minimum atomic E-state index is 0.252. The third-order valence-electron chi connectivity index (χ3n) is 2.39. The highest BCUT2D eigenvalue weighted by Crippen LogP contribution is 2.21. The molecule has 0 aliphatic heterocycles. The predicted molar refractivity (Wildman–Crippen MR) is 60.0 cm³/mol. The topological polar surface area (TPSA) is 30.0 Å². The number of nitrogens with zero attached hydrogens (tertiary/aromatic N) is 1. The van der Waals surface area contributed by atoms with Gasteiger partial charge < -0.3 is 0 Å². The number of carbonyl (C=O) groups is 1. The molecule has 1 rings (SSSR count). The smallest absolute Gasteiger partial charge is 0.174 e. The van der Waals surface area contributed by atoms with E-state index in [2.05, 4.69) is 18.8 Å². The molecular weight excluding hydrogens is 194 g/mol. The summed E-state index contributed by atoms with van der Waals surface area (Å²) in [7, 11) is 0. The van der Waals surface area contributed by atoms with Crippen molar-refractivity contribution in [1.82, 2.24) is 4.98 Å². The Bertz CT molecular complexity index is 330. The third kappa shape index (κ3) is 2.64. The maximum atomic E-state index is 11.8. The number of Topliss-reactive ketones (excluding diaryl/α,β-unsaturated/α-hetero) is 1. The lowest BCUT2D eigenvalue weighted by molar-refractivity contribution is 0.0967. The van der Waals surface area contributed by atoms with Gasteiger partial charge in [-0.15, -0.1) is 11.3 Å². The zero-order chi connectivity index (χ0) is 10.7. The summed E-state index contributed by atoms with van der Waals surface area (Å²) in [6.45, 7) is 8.08. The molecule has 0 aliphatic carbocycles. The highest BCUT2D eigenvalue weighted by atomic mass is 32.1. The lowest BCUT2D eigenvalue weighted by atomic mass is 10.0. The normalized spacial score (nSPS) is 12.9. The van der Waals surface area contributed by atoms with Crippen molar-refractivity contribution in [2.45, 2.75) is 40.5 Å². The highest BCUT2D eigenvalue weighted by Gasteiger charge is 2.15. The molecule has 0 saturated heterocycles. The number of hydrogen-bond donors (Lipinski definition) is 0. The fraction of sp³-hybridized carbons (Fsp3) is 0.636. The molecule has 0 radical (unpaired) electrons. The molecule has 0 fully saturated rings. The summed E-state index contributed by atoms with van der Waals surface area (Å²) in [6.07, 6.45) is 1.71. The maximum Gasteiger partial charge on any atom is 0.174 e. The minimum absolute atomic E-state index is 0.252. The Morgan fingerprint density at radius 3 is 2.57 bits per heavy atom. The van der Waals surface area contributed by atoms with Gasteiger partial charge in [0.25, 0.3) is 0 Å². The van der Waals surface area contributed by atoms with Crippen LogP contribution in [0.5, 0.6) is 0 Å². The van der Waals surface area contributed by atoms with E-state index in [9.17, 15) is 4.79 Å². The van der Waals surface area contributed by atoms with Crippen molar-refractivity contribution in [3.05, 3.63) is 15.6 Å². The van der Waals surface area contributed by atoms with Crippen molar-refractivity contribution in [2.24, 2.45) is 5.92 Å². The van der Waals surface area contributed by atoms with E-state index in [1.54, 1.807) is 0 Å². The Balaban J connectivity index is 2.74. The molecule has 0 aliphatic rings. The van der Waals surface area contributed by atoms with Gasteiger partial charge in [0.1, 0.15) is 0 Å². The maximum absolute atomic E-state index is 11.8. The quantitative estimate of drug-likeness (QED) is 0.715. The van der Waals surface area contributed by atoms with Gasteiger partial charge in [-0.25, -0.2) is 4.98 Å². The van der Waals surface area contributed by atoms with Crippen molar-refractivity contribution < 1.29 is 4.79 Å². The molecule has 0 amide bonds. The van der Waals surface area contributed by atoms with E-state index in [-0.39, 0.29) is 5.78 Å². The van der Waals surface area contributed by atoms with Gasteiger partial charge in [-0.1, -0.05) is 20.3 Å². The lowest BCUT2D eigenvalue weighted by Crippen LogP contribution is -2.04. The average molecular weight is 211 g/mol. The van der Waals surface area contributed by atoms with Crippen LogP contribution in [0.2, 0.25) is 0 Å². The first-order chi connectivity index (χ1) is 6.54. The van der Waals surface area contributed by atoms with Gasteiger partial charge in [-0.3, -0.25) is 4.79 Å². The van der Waals surface area contributed by atoms with E-state index in [4.69, 9.17) is 0 Å². The minimum Gasteiger partial charge on any atom is -0.293 e. The predicted octanol–water partition coefficient (Wildman–Crippen LogP) is 3.38. The fourth-order valence-corrected chi connectivity index (χ4v) is 2.21. The zero-order valence-electron chi connectivity index (χ0n) is 9.26. The van der Waals surface area contributed by atoms with E-state index in [1.807, 2.05) is 13.8 Å². The molecule has 0 saturated carbocycles. The van der Waals surface area contributed by atoms with Gasteiger partial charge in [-0.2, -0.15) is 0 Å². The number of aryl methyl sites for hydroxylation is 2. The van der Waals surface area contributed by atoms with Gasteiger partial charge in [0, 0.05) is 6.42 Å². The molecule has 0 aromatic carbocycles. The van der Waals surface area contributed by atoms with Crippen LogP contribution < -0.4 is 0 Å². The Hall–Kier alpha value is -0.700. The van der Waals surface area contributed by atoms with Crippen LogP contribution in [0.4, 0.5) is 0 Å². The van der Waals surface area contributed by atoms with Crippen molar-refractivity contribution in [3.8, 4) is 0 Å². The highest BCUT2D eigenvalue weighted by molar-refractivity contribution is 7.13. The molecule has 1 aromatic heterocycles. The molecular formula is C11H17NOS. The van der Waals surface area contributed by atoms with E-state index in [0.717, 1.165) is 22.0 Å².